The first-order valence-electron chi connectivity index (χ1n) is 7.05. The molecule has 0 saturated heterocycles. The summed E-state index contributed by atoms with van der Waals surface area (Å²) in [7, 11) is 8.02. The van der Waals surface area contributed by atoms with Gasteiger partial charge in [-0.1, -0.05) is 23.7 Å². The molecule has 0 fully saturated rings. The zero-order valence-electron chi connectivity index (χ0n) is 13.3. The van der Waals surface area contributed by atoms with Crippen LogP contribution in [0.3, 0.4) is 0 Å². The normalized spacial score (nSPS) is 12.5. The maximum Gasteiger partial charge on any atom is 0.152 e. The zero-order chi connectivity index (χ0) is 16.1. The summed E-state index contributed by atoms with van der Waals surface area (Å²) in [5.74, 6) is 0. The van der Waals surface area contributed by atoms with Crippen LogP contribution in [0.5, 0.6) is 0 Å². The fraction of sp³-hybridized carbons (Fsp3) is 0.312. The van der Waals surface area contributed by atoms with Gasteiger partial charge >= 0.3 is 0 Å². The van der Waals surface area contributed by atoms with Crippen LogP contribution >= 0.6 is 11.6 Å². The molecule has 0 bridgehead atoms. The molecule has 1 aromatic carbocycles. The van der Waals surface area contributed by atoms with Gasteiger partial charge in [0.2, 0.25) is 0 Å². The van der Waals surface area contributed by atoms with Crippen molar-refractivity contribution in [1.82, 2.24) is 20.2 Å². The van der Waals surface area contributed by atoms with Crippen molar-refractivity contribution >= 4 is 17.3 Å². The molecule has 0 aliphatic rings. The maximum absolute atomic E-state index is 5.98. The summed E-state index contributed by atoms with van der Waals surface area (Å²) in [6.45, 7) is 0. The molecule has 2 rings (SSSR count). The van der Waals surface area contributed by atoms with Crippen LogP contribution in [0.2, 0.25) is 5.02 Å². The van der Waals surface area contributed by atoms with E-state index in [1.54, 1.807) is 0 Å². The Bertz CT molecular complexity index is 594. The Balaban J connectivity index is 2.33. The van der Waals surface area contributed by atoms with E-state index in [0.29, 0.717) is 5.02 Å². The first kappa shape index (κ1) is 16.5. The number of H-pyrrole nitrogens is 1. The summed E-state index contributed by atoms with van der Waals surface area (Å²) in [5.41, 5.74) is 6.00. The number of benzene rings is 1. The second-order valence-corrected chi connectivity index (χ2v) is 5.92. The van der Waals surface area contributed by atoms with Crippen molar-refractivity contribution in [1.29, 1.82) is 0 Å². The minimum absolute atomic E-state index is 0.00253. The molecular weight excluding hydrogens is 298 g/mol. The molecule has 118 valence electrons. The molecule has 0 spiro atoms. The average Bonchev–Trinajstić information content (AvgIpc) is 2.98. The summed E-state index contributed by atoms with van der Waals surface area (Å²) >= 11 is 5.98. The van der Waals surface area contributed by atoms with Crippen molar-refractivity contribution < 1.29 is 0 Å². The molecule has 6 heteroatoms. The molecule has 1 heterocycles. The van der Waals surface area contributed by atoms with Crippen LogP contribution in [-0.2, 0) is 0 Å². The number of hydrogen-bond acceptors (Lipinski definition) is 4. The highest BCUT2D eigenvalue weighted by Gasteiger charge is 2.14. The third kappa shape index (κ3) is 4.10. The molecule has 1 aromatic heterocycles. The Labute approximate surface area is 136 Å². The van der Waals surface area contributed by atoms with Gasteiger partial charge in [0.25, 0.3) is 0 Å². The van der Waals surface area contributed by atoms with Crippen LogP contribution in [0.4, 0.5) is 0 Å². The lowest BCUT2D eigenvalue weighted by Crippen LogP contribution is -2.49. The minimum Gasteiger partial charge on any atom is -0.360 e. The van der Waals surface area contributed by atoms with E-state index in [4.69, 9.17) is 11.6 Å². The molecule has 0 atom stereocenters. The monoisotopic (exact) mass is 319 g/mol. The fourth-order valence-corrected chi connectivity index (χ4v) is 2.31. The van der Waals surface area contributed by atoms with Crippen LogP contribution in [0, 0.1) is 0 Å². The molecule has 0 aliphatic heterocycles. The number of aromatic amines is 1. The molecule has 2 aromatic rings. The highest BCUT2D eigenvalue weighted by atomic mass is 35.5. The van der Waals surface area contributed by atoms with E-state index in [1.807, 2.05) is 70.8 Å². The van der Waals surface area contributed by atoms with E-state index in [-0.39, 0.29) is 6.29 Å². The molecule has 0 amide bonds. The average molecular weight is 320 g/mol. The Hall–Kier alpha value is -1.82. The zero-order valence-corrected chi connectivity index (χ0v) is 14.1. The third-order valence-corrected chi connectivity index (χ3v) is 3.49. The van der Waals surface area contributed by atoms with Gasteiger partial charge in [-0.25, -0.2) is 0 Å². The van der Waals surface area contributed by atoms with Crippen molar-refractivity contribution in [3.8, 4) is 0 Å². The first-order valence-corrected chi connectivity index (χ1v) is 7.42. The predicted molar refractivity (Wildman–Crippen MR) is 92.2 cm³/mol. The second-order valence-electron chi connectivity index (χ2n) is 5.48. The summed E-state index contributed by atoms with van der Waals surface area (Å²) in [6, 6.07) is 11.6. The predicted octanol–water partition coefficient (Wildman–Crippen LogP) is 2.42. The van der Waals surface area contributed by atoms with Crippen LogP contribution < -0.4 is 5.43 Å². The molecule has 0 unspecified atom stereocenters. The van der Waals surface area contributed by atoms with Crippen molar-refractivity contribution in [2.24, 2.45) is 5.10 Å². The van der Waals surface area contributed by atoms with Gasteiger partial charge < -0.3 is 4.98 Å². The number of halogens is 1. The van der Waals surface area contributed by atoms with Crippen LogP contribution in [0.1, 0.15) is 11.3 Å². The topological polar surface area (TPSA) is 46.7 Å². The first-order chi connectivity index (χ1) is 10.5. The number of rotatable bonds is 6. The standard InChI is InChI=1S/C16H22ClN5/c1-21(2)16(22(3)4)20-19-15(14-6-5-11-18-14)12-7-9-13(17)10-8-12/h5-11,16,18,20H,1-4H3/b19-15+. The van der Waals surface area contributed by atoms with Gasteiger partial charge in [0.15, 0.2) is 6.29 Å². The highest BCUT2D eigenvalue weighted by Crippen LogP contribution is 2.14. The van der Waals surface area contributed by atoms with Gasteiger partial charge in [-0.2, -0.15) is 5.10 Å². The minimum atomic E-state index is -0.00253. The maximum atomic E-state index is 5.98. The van der Waals surface area contributed by atoms with Gasteiger partial charge in [0.05, 0.1) is 5.69 Å². The molecular formula is C16H22ClN5. The lowest BCUT2D eigenvalue weighted by molar-refractivity contribution is 0.0972. The van der Waals surface area contributed by atoms with E-state index in [9.17, 15) is 0 Å². The Kier molecular flexibility index (Phi) is 5.60. The van der Waals surface area contributed by atoms with Crippen LogP contribution in [-0.4, -0.2) is 55.0 Å². The van der Waals surface area contributed by atoms with Crippen molar-refractivity contribution in [3.63, 3.8) is 0 Å². The number of aromatic nitrogens is 1. The summed E-state index contributed by atoms with van der Waals surface area (Å²) in [4.78, 5) is 7.31. The molecule has 5 nitrogen and oxygen atoms in total. The van der Waals surface area contributed by atoms with Gasteiger partial charge in [0, 0.05) is 16.8 Å². The summed E-state index contributed by atoms with van der Waals surface area (Å²) in [6.07, 6.45) is 1.88. The van der Waals surface area contributed by atoms with Crippen molar-refractivity contribution in [3.05, 3.63) is 58.9 Å². The van der Waals surface area contributed by atoms with Crippen LogP contribution in [0.15, 0.2) is 47.7 Å². The Morgan fingerprint density at radius 3 is 2.23 bits per heavy atom. The number of nitrogens with one attached hydrogen (secondary N) is 2. The van der Waals surface area contributed by atoms with E-state index in [2.05, 4.69) is 25.3 Å². The number of nitrogens with zero attached hydrogens (tertiary/aromatic N) is 3. The highest BCUT2D eigenvalue weighted by molar-refractivity contribution is 6.30. The lowest BCUT2D eigenvalue weighted by atomic mass is 10.1. The van der Waals surface area contributed by atoms with E-state index in [0.717, 1.165) is 17.0 Å². The van der Waals surface area contributed by atoms with Crippen molar-refractivity contribution in [2.75, 3.05) is 28.2 Å². The van der Waals surface area contributed by atoms with E-state index in [1.165, 1.54) is 0 Å². The van der Waals surface area contributed by atoms with Crippen molar-refractivity contribution in [2.45, 2.75) is 6.29 Å². The Morgan fingerprint density at radius 1 is 1.09 bits per heavy atom. The summed E-state index contributed by atoms with van der Waals surface area (Å²) < 4.78 is 0. The second kappa shape index (κ2) is 7.45. The van der Waals surface area contributed by atoms with Crippen LogP contribution in [0.25, 0.3) is 0 Å². The molecule has 0 aliphatic carbocycles. The lowest BCUT2D eigenvalue weighted by Gasteiger charge is -2.29. The van der Waals surface area contributed by atoms with E-state index >= 15 is 0 Å². The smallest absolute Gasteiger partial charge is 0.152 e. The van der Waals surface area contributed by atoms with Gasteiger partial charge in [-0.3, -0.25) is 15.2 Å². The molecule has 22 heavy (non-hydrogen) atoms. The molecule has 0 radical (unpaired) electrons. The Morgan fingerprint density at radius 2 is 1.73 bits per heavy atom. The number of hydrogen-bond donors (Lipinski definition) is 2. The SMILES string of the molecule is CN(C)C(N/N=C(\c1ccc(Cl)cc1)c1ccc[nH]1)N(C)C. The largest absolute Gasteiger partial charge is 0.360 e. The van der Waals surface area contributed by atoms with E-state index < -0.39 is 0 Å². The molecule has 2 N–H and O–H groups in total. The third-order valence-electron chi connectivity index (χ3n) is 3.24. The quantitative estimate of drug-likeness (QED) is 0.488. The number of hydrazone groups is 1. The fourth-order valence-electron chi connectivity index (χ4n) is 2.18. The van der Waals surface area contributed by atoms with Gasteiger partial charge in [-0.05, 0) is 52.5 Å². The summed E-state index contributed by atoms with van der Waals surface area (Å²) in [5, 5.41) is 5.33. The molecule has 0 saturated carbocycles. The van der Waals surface area contributed by atoms with Gasteiger partial charge in [0.1, 0.15) is 5.71 Å². The van der Waals surface area contributed by atoms with Gasteiger partial charge in [-0.15, -0.1) is 0 Å².